The fraction of sp³-hybridized carbons (Fsp3) is 0.533. The van der Waals surface area contributed by atoms with Gasteiger partial charge in [0.1, 0.15) is 5.75 Å². The predicted molar refractivity (Wildman–Crippen MR) is 80.8 cm³/mol. The Bertz CT molecular complexity index is 572. The maximum absolute atomic E-state index is 5.85. The topological polar surface area (TPSA) is 67.2 Å². The quantitative estimate of drug-likeness (QED) is 0.897. The summed E-state index contributed by atoms with van der Waals surface area (Å²) in [4.78, 5) is 2.40. The lowest BCUT2D eigenvalue weighted by Gasteiger charge is -2.28. The number of likely N-dealkylation sites (tertiary alicyclic amines) is 1. The number of benzene rings is 1. The molecule has 3 N–H and O–H groups in total. The number of aromatic amines is 1. The number of nitrogen functional groups attached to an aromatic ring is 1. The van der Waals surface area contributed by atoms with Crippen LogP contribution in [0.15, 0.2) is 18.2 Å². The fourth-order valence-corrected chi connectivity index (χ4v) is 2.80. The van der Waals surface area contributed by atoms with E-state index in [4.69, 9.17) is 10.5 Å². The largest absolute Gasteiger partial charge is 0.494 e. The van der Waals surface area contributed by atoms with Crippen molar-refractivity contribution in [2.75, 3.05) is 32.5 Å². The molecule has 2 aromatic rings. The molecule has 0 spiro atoms. The molecule has 0 bridgehead atoms. The van der Waals surface area contributed by atoms with Gasteiger partial charge < -0.3 is 15.4 Å². The van der Waals surface area contributed by atoms with Crippen molar-refractivity contribution in [3.63, 3.8) is 0 Å². The number of nitrogens with two attached hydrogens (primary N) is 1. The zero-order valence-electron chi connectivity index (χ0n) is 11.9. The summed E-state index contributed by atoms with van der Waals surface area (Å²) < 4.78 is 5.85. The smallest absolute Gasteiger partial charge is 0.153 e. The number of hydrogen-bond donors (Lipinski definition) is 2. The molecule has 1 aromatic carbocycles. The van der Waals surface area contributed by atoms with E-state index in [9.17, 15) is 0 Å². The van der Waals surface area contributed by atoms with E-state index in [0.29, 0.717) is 5.82 Å². The Balaban J connectivity index is 1.52. The SMILES string of the molecule is CN1CCC(CCOc2ccc3c(N)n[nH]c3c2)CC1. The van der Waals surface area contributed by atoms with Crippen LogP contribution in [0, 0.1) is 5.92 Å². The third-order valence-electron chi connectivity index (χ3n) is 4.20. The number of piperidine rings is 1. The average Bonchev–Trinajstić information content (AvgIpc) is 2.82. The van der Waals surface area contributed by atoms with Crippen LogP contribution in [-0.4, -0.2) is 41.8 Å². The minimum Gasteiger partial charge on any atom is -0.494 e. The summed E-state index contributed by atoms with van der Waals surface area (Å²) >= 11 is 0. The van der Waals surface area contributed by atoms with Gasteiger partial charge in [-0.15, -0.1) is 0 Å². The minimum absolute atomic E-state index is 0.540. The monoisotopic (exact) mass is 274 g/mol. The number of aromatic nitrogens is 2. The highest BCUT2D eigenvalue weighted by atomic mass is 16.5. The van der Waals surface area contributed by atoms with E-state index in [1.807, 2.05) is 18.2 Å². The van der Waals surface area contributed by atoms with Crippen LogP contribution in [0.1, 0.15) is 19.3 Å². The number of H-pyrrole nitrogens is 1. The lowest BCUT2D eigenvalue weighted by molar-refractivity contribution is 0.187. The van der Waals surface area contributed by atoms with Gasteiger partial charge in [-0.3, -0.25) is 5.10 Å². The van der Waals surface area contributed by atoms with Crippen LogP contribution < -0.4 is 10.5 Å². The second-order valence-electron chi connectivity index (χ2n) is 5.70. The van der Waals surface area contributed by atoms with Crippen molar-refractivity contribution in [1.29, 1.82) is 0 Å². The van der Waals surface area contributed by atoms with Crippen LogP contribution in [0.3, 0.4) is 0 Å². The predicted octanol–water partition coefficient (Wildman–Crippen LogP) is 2.26. The molecule has 5 heteroatoms. The zero-order valence-corrected chi connectivity index (χ0v) is 11.9. The minimum atomic E-state index is 0.540. The molecule has 20 heavy (non-hydrogen) atoms. The molecular weight excluding hydrogens is 252 g/mol. The molecule has 5 nitrogen and oxygen atoms in total. The first kappa shape index (κ1) is 13.2. The van der Waals surface area contributed by atoms with Crippen molar-refractivity contribution in [3.8, 4) is 5.75 Å². The third-order valence-corrected chi connectivity index (χ3v) is 4.20. The molecule has 1 fully saturated rings. The molecule has 3 rings (SSSR count). The molecule has 108 valence electrons. The lowest BCUT2D eigenvalue weighted by Crippen LogP contribution is -2.30. The molecule has 2 heterocycles. The Kier molecular flexibility index (Phi) is 3.78. The van der Waals surface area contributed by atoms with Gasteiger partial charge in [-0.1, -0.05) is 0 Å². The van der Waals surface area contributed by atoms with E-state index in [0.717, 1.165) is 35.6 Å². The van der Waals surface area contributed by atoms with Gasteiger partial charge in [0.25, 0.3) is 0 Å². The van der Waals surface area contributed by atoms with E-state index < -0.39 is 0 Å². The number of anilines is 1. The molecule has 0 unspecified atom stereocenters. The summed E-state index contributed by atoms with van der Waals surface area (Å²) in [5.41, 5.74) is 6.68. The van der Waals surface area contributed by atoms with Crippen LogP contribution in [0.5, 0.6) is 5.75 Å². The normalized spacial score (nSPS) is 17.6. The molecule has 0 saturated carbocycles. The molecule has 1 aromatic heterocycles. The van der Waals surface area contributed by atoms with Crippen LogP contribution >= 0.6 is 0 Å². The Morgan fingerprint density at radius 2 is 2.20 bits per heavy atom. The second-order valence-corrected chi connectivity index (χ2v) is 5.70. The van der Waals surface area contributed by atoms with Gasteiger partial charge in [-0.25, -0.2) is 0 Å². The molecule has 1 aliphatic heterocycles. The first-order chi connectivity index (χ1) is 9.72. The highest BCUT2D eigenvalue weighted by Crippen LogP contribution is 2.24. The average molecular weight is 274 g/mol. The number of rotatable bonds is 4. The first-order valence-corrected chi connectivity index (χ1v) is 7.27. The molecule has 0 aliphatic carbocycles. The number of hydrogen-bond acceptors (Lipinski definition) is 4. The second kappa shape index (κ2) is 5.71. The Morgan fingerprint density at radius 1 is 1.40 bits per heavy atom. The summed E-state index contributed by atoms with van der Waals surface area (Å²) in [6.07, 6.45) is 3.71. The van der Waals surface area contributed by atoms with E-state index in [-0.39, 0.29) is 0 Å². The van der Waals surface area contributed by atoms with Crippen molar-refractivity contribution >= 4 is 16.7 Å². The number of ether oxygens (including phenoxy) is 1. The Morgan fingerprint density at radius 3 is 3.00 bits per heavy atom. The van der Waals surface area contributed by atoms with E-state index in [1.54, 1.807) is 0 Å². The van der Waals surface area contributed by atoms with Gasteiger partial charge >= 0.3 is 0 Å². The van der Waals surface area contributed by atoms with E-state index >= 15 is 0 Å². The standard InChI is InChI=1S/C15H22N4O/c1-19-7-4-11(5-8-19)6-9-20-12-2-3-13-14(10-12)17-18-15(13)16/h2-3,10-11H,4-9H2,1H3,(H3,16,17,18). The van der Waals surface area contributed by atoms with E-state index in [2.05, 4.69) is 22.1 Å². The van der Waals surface area contributed by atoms with Gasteiger partial charge in [0, 0.05) is 11.5 Å². The van der Waals surface area contributed by atoms with Crippen LogP contribution in [0.25, 0.3) is 10.9 Å². The number of nitrogens with zero attached hydrogens (tertiary/aromatic N) is 2. The highest BCUT2D eigenvalue weighted by molar-refractivity contribution is 5.89. The molecule has 0 radical (unpaired) electrons. The van der Waals surface area contributed by atoms with Crippen LogP contribution in [-0.2, 0) is 0 Å². The summed E-state index contributed by atoms with van der Waals surface area (Å²) in [7, 11) is 2.19. The highest BCUT2D eigenvalue weighted by Gasteiger charge is 2.16. The molecule has 1 saturated heterocycles. The molecule has 0 atom stereocenters. The van der Waals surface area contributed by atoms with Crippen LogP contribution in [0.2, 0.25) is 0 Å². The van der Waals surface area contributed by atoms with Gasteiger partial charge in [0.15, 0.2) is 5.82 Å². The van der Waals surface area contributed by atoms with Crippen molar-refractivity contribution in [1.82, 2.24) is 15.1 Å². The summed E-state index contributed by atoms with van der Waals surface area (Å²) in [6, 6.07) is 5.88. The lowest BCUT2D eigenvalue weighted by atomic mass is 9.94. The molecular formula is C15H22N4O. The molecule has 1 aliphatic rings. The first-order valence-electron chi connectivity index (χ1n) is 7.27. The van der Waals surface area contributed by atoms with Crippen molar-refractivity contribution < 1.29 is 4.74 Å². The Labute approximate surface area is 119 Å². The van der Waals surface area contributed by atoms with Gasteiger partial charge in [0.2, 0.25) is 0 Å². The summed E-state index contributed by atoms with van der Waals surface area (Å²) in [6.45, 7) is 3.21. The maximum Gasteiger partial charge on any atom is 0.153 e. The Hall–Kier alpha value is -1.75. The van der Waals surface area contributed by atoms with Crippen LogP contribution in [0.4, 0.5) is 5.82 Å². The third kappa shape index (κ3) is 2.88. The van der Waals surface area contributed by atoms with Crippen molar-refractivity contribution in [3.05, 3.63) is 18.2 Å². The van der Waals surface area contributed by atoms with E-state index in [1.165, 1.54) is 25.9 Å². The fourth-order valence-electron chi connectivity index (χ4n) is 2.80. The maximum atomic E-state index is 5.85. The van der Waals surface area contributed by atoms with Crippen molar-refractivity contribution in [2.24, 2.45) is 5.92 Å². The summed E-state index contributed by atoms with van der Waals surface area (Å²) in [5.74, 6) is 2.23. The summed E-state index contributed by atoms with van der Waals surface area (Å²) in [5, 5.41) is 7.85. The zero-order chi connectivity index (χ0) is 13.9. The number of fused-ring (bicyclic) bond motifs is 1. The molecule has 0 amide bonds. The van der Waals surface area contributed by atoms with Gasteiger partial charge in [-0.05, 0) is 57.5 Å². The van der Waals surface area contributed by atoms with Crippen molar-refractivity contribution in [2.45, 2.75) is 19.3 Å². The van der Waals surface area contributed by atoms with Gasteiger partial charge in [0.05, 0.1) is 12.1 Å². The van der Waals surface area contributed by atoms with Gasteiger partial charge in [-0.2, -0.15) is 5.10 Å². The number of nitrogens with one attached hydrogen (secondary N) is 1.